The fourth-order valence-corrected chi connectivity index (χ4v) is 2.18. The summed E-state index contributed by atoms with van der Waals surface area (Å²) >= 11 is 0. The van der Waals surface area contributed by atoms with Crippen molar-refractivity contribution in [2.45, 2.75) is 47.6 Å². The van der Waals surface area contributed by atoms with E-state index >= 15 is 0 Å². The molecule has 0 fully saturated rings. The molecule has 1 atom stereocenters. The Labute approximate surface area is 169 Å². The van der Waals surface area contributed by atoms with E-state index in [0.29, 0.717) is 19.7 Å². The van der Waals surface area contributed by atoms with Gasteiger partial charge in [0, 0.05) is 24.1 Å². The number of nitrogens with one attached hydrogen (secondary N) is 2. The van der Waals surface area contributed by atoms with Gasteiger partial charge >= 0.3 is 0 Å². The molecule has 0 aromatic heterocycles. The van der Waals surface area contributed by atoms with E-state index in [0.717, 1.165) is 30.2 Å². The Morgan fingerprint density at radius 2 is 1.96 bits per heavy atom. The minimum atomic E-state index is -0.142. The molecular formula is C19H34IN3O2. The zero-order valence-electron chi connectivity index (χ0n) is 16.2. The fraction of sp³-hybridized carbons (Fsp3) is 0.632. The lowest BCUT2D eigenvalue weighted by Crippen LogP contribution is -2.43. The molecule has 0 spiro atoms. The molecule has 1 aromatic carbocycles. The number of aliphatic hydroxyl groups excluding tert-OH is 1. The van der Waals surface area contributed by atoms with Gasteiger partial charge in [0.2, 0.25) is 0 Å². The molecule has 0 bridgehead atoms. The maximum Gasteiger partial charge on any atom is 0.191 e. The second kappa shape index (κ2) is 12.4. The van der Waals surface area contributed by atoms with Gasteiger partial charge in [0.15, 0.2) is 5.96 Å². The lowest BCUT2D eigenvalue weighted by molar-refractivity contribution is 0.140. The number of benzene rings is 1. The number of aliphatic imine (C=N–C) groups is 1. The van der Waals surface area contributed by atoms with E-state index in [4.69, 9.17) is 4.74 Å². The molecule has 144 valence electrons. The molecular weight excluding hydrogens is 429 g/mol. The van der Waals surface area contributed by atoms with Crippen LogP contribution in [0.1, 0.15) is 45.2 Å². The van der Waals surface area contributed by atoms with Crippen molar-refractivity contribution >= 4 is 29.9 Å². The van der Waals surface area contributed by atoms with Crippen LogP contribution in [0.15, 0.2) is 23.2 Å². The molecule has 0 aliphatic carbocycles. The average molecular weight is 463 g/mol. The molecule has 0 aliphatic rings. The number of ether oxygens (including phenoxy) is 1. The number of guanidine groups is 1. The largest absolute Gasteiger partial charge is 0.494 e. The fourth-order valence-electron chi connectivity index (χ4n) is 2.18. The third-order valence-corrected chi connectivity index (χ3v) is 4.19. The van der Waals surface area contributed by atoms with Crippen LogP contribution in [0.25, 0.3) is 0 Å². The van der Waals surface area contributed by atoms with E-state index in [1.165, 1.54) is 5.56 Å². The van der Waals surface area contributed by atoms with Gasteiger partial charge in [0.05, 0.1) is 19.8 Å². The maximum absolute atomic E-state index is 9.54. The second-order valence-corrected chi connectivity index (χ2v) is 6.42. The van der Waals surface area contributed by atoms with Crippen molar-refractivity contribution in [2.24, 2.45) is 10.4 Å². The van der Waals surface area contributed by atoms with Gasteiger partial charge in [-0.15, -0.1) is 24.0 Å². The van der Waals surface area contributed by atoms with Gasteiger partial charge in [-0.3, -0.25) is 0 Å². The van der Waals surface area contributed by atoms with Gasteiger partial charge in [-0.25, -0.2) is 4.99 Å². The van der Waals surface area contributed by atoms with E-state index in [1.807, 2.05) is 13.8 Å². The van der Waals surface area contributed by atoms with E-state index in [-0.39, 0.29) is 36.0 Å². The van der Waals surface area contributed by atoms with Crippen molar-refractivity contribution in [1.29, 1.82) is 0 Å². The van der Waals surface area contributed by atoms with Crippen LogP contribution in [0.4, 0.5) is 0 Å². The zero-order valence-corrected chi connectivity index (χ0v) is 18.5. The van der Waals surface area contributed by atoms with Crippen molar-refractivity contribution in [1.82, 2.24) is 10.6 Å². The van der Waals surface area contributed by atoms with Crippen molar-refractivity contribution in [3.05, 3.63) is 29.3 Å². The molecule has 25 heavy (non-hydrogen) atoms. The molecule has 6 heteroatoms. The van der Waals surface area contributed by atoms with Gasteiger partial charge in [-0.1, -0.05) is 26.0 Å². The van der Waals surface area contributed by atoms with Crippen LogP contribution in [-0.2, 0) is 6.54 Å². The average Bonchev–Trinajstić information content (AvgIpc) is 2.58. The van der Waals surface area contributed by atoms with Crippen LogP contribution in [0.3, 0.4) is 0 Å². The van der Waals surface area contributed by atoms with Crippen molar-refractivity contribution in [3.63, 3.8) is 0 Å². The summed E-state index contributed by atoms with van der Waals surface area (Å²) in [7, 11) is 0. The van der Waals surface area contributed by atoms with Gasteiger partial charge in [-0.2, -0.15) is 0 Å². The number of hydrogen-bond acceptors (Lipinski definition) is 3. The Kier molecular flexibility index (Phi) is 11.8. The summed E-state index contributed by atoms with van der Waals surface area (Å²) in [6.07, 6.45) is 0.905. The van der Waals surface area contributed by atoms with Gasteiger partial charge in [0.1, 0.15) is 5.75 Å². The Hall–Kier alpha value is -1.02. The van der Waals surface area contributed by atoms with Crippen LogP contribution in [0, 0.1) is 12.3 Å². The number of aliphatic hydroxyl groups is 1. The second-order valence-electron chi connectivity index (χ2n) is 6.42. The molecule has 1 rings (SSSR count). The van der Waals surface area contributed by atoms with Crippen LogP contribution >= 0.6 is 24.0 Å². The predicted octanol–water partition coefficient (Wildman–Crippen LogP) is 3.48. The molecule has 0 amide bonds. The summed E-state index contributed by atoms with van der Waals surface area (Å²) in [4.78, 5) is 4.66. The number of halogens is 1. The summed E-state index contributed by atoms with van der Waals surface area (Å²) in [6, 6.07) is 6.19. The Balaban J connectivity index is 0.00000576. The number of aryl methyl sites for hydroxylation is 1. The SMILES string of the molecule is CCNC(=NCc1ccc(C)cc1OCC)NCC(C)(CC)CO.I. The quantitative estimate of drug-likeness (QED) is 0.298. The van der Waals surface area contributed by atoms with Crippen molar-refractivity contribution in [3.8, 4) is 5.75 Å². The summed E-state index contributed by atoms with van der Waals surface area (Å²) in [5.74, 6) is 1.65. The molecule has 1 unspecified atom stereocenters. The van der Waals surface area contributed by atoms with Crippen LogP contribution in [0.5, 0.6) is 5.75 Å². The van der Waals surface area contributed by atoms with E-state index in [9.17, 15) is 5.11 Å². The summed E-state index contributed by atoms with van der Waals surface area (Å²) in [5, 5.41) is 16.1. The van der Waals surface area contributed by atoms with Crippen LogP contribution < -0.4 is 15.4 Å². The lowest BCUT2D eigenvalue weighted by atomic mass is 9.89. The standard InChI is InChI=1S/C19H33N3O2.HI/c1-6-19(5,14-23)13-22-18(20-7-2)21-12-16-10-9-15(4)11-17(16)24-8-3;/h9-11,23H,6-8,12-14H2,1-5H3,(H2,20,21,22);1H. The van der Waals surface area contributed by atoms with Crippen LogP contribution in [-0.4, -0.2) is 37.4 Å². The molecule has 0 heterocycles. The first-order valence-corrected chi connectivity index (χ1v) is 8.83. The van der Waals surface area contributed by atoms with Crippen molar-refractivity contribution in [2.75, 3.05) is 26.3 Å². The highest BCUT2D eigenvalue weighted by atomic mass is 127. The summed E-state index contributed by atoms with van der Waals surface area (Å²) in [5.41, 5.74) is 2.11. The topological polar surface area (TPSA) is 65.9 Å². The molecule has 0 aliphatic heterocycles. The summed E-state index contributed by atoms with van der Waals surface area (Å²) < 4.78 is 5.72. The molecule has 3 N–H and O–H groups in total. The van der Waals surface area contributed by atoms with Gasteiger partial charge < -0.3 is 20.5 Å². The molecule has 0 saturated carbocycles. The zero-order chi connectivity index (χ0) is 18.0. The molecule has 1 aromatic rings. The smallest absolute Gasteiger partial charge is 0.191 e. The van der Waals surface area contributed by atoms with E-state index < -0.39 is 0 Å². The normalized spacial score (nSPS) is 13.6. The molecule has 0 radical (unpaired) electrons. The first-order valence-electron chi connectivity index (χ1n) is 8.83. The number of nitrogens with zero attached hydrogens (tertiary/aromatic N) is 1. The van der Waals surface area contributed by atoms with E-state index in [1.54, 1.807) is 0 Å². The first-order chi connectivity index (χ1) is 11.5. The van der Waals surface area contributed by atoms with Crippen molar-refractivity contribution < 1.29 is 9.84 Å². The first kappa shape index (κ1) is 24.0. The predicted molar refractivity (Wildman–Crippen MR) is 116 cm³/mol. The lowest BCUT2D eigenvalue weighted by Gasteiger charge is -2.26. The third kappa shape index (κ3) is 8.27. The Morgan fingerprint density at radius 1 is 1.24 bits per heavy atom. The molecule has 5 nitrogen and oxygen atoms in total. The minimum absolute atomic E-state index is 0. The maximum atomic E-state index is 9.54. The monoisotopic (exact) mass is 463 g/mol. The highest BCUT2D eigenvalue weighted by molar-refractivity contribution is 14.0. The minimum Gasteiger partial charge on any atom is -0.494 e. The number of rotatable bonds is 9. The van der Waals surface area contributed by atoms with E-state index in [2.05, 4.69) is 54.6 Å². The van der Waals surface area contributed by atoms with Gasteiger partial charge in [0.25, 0.3) is 0 Å². The Bertz CT molecular complexity index is 531. The van der Waals surface area contributed by atoms with Gasteiger partial charge in [-0.05, 0) is 38.8 Å². The molecule has 0 saturated heterocycles. The third-order valence-electron chi connectivity index (χ3n) is 4.19. The number of hydrogen-bond donors (Lipinski definition) is 3. The van der Waals surface area contributed by atoms with Crippen LogP contribution in [0.2, 0.25) is 0 Å². The summed E-state index contributed by atoms with van der Waals surface area (Å²) in [6.45, 7) is 13.1. The highest BCUT2D eigenvalue weighted by Crippen LogP contribution is 2.21. The Morgan fingerprint density at radius 3 is 2.52 bits per heavy atom. The highest BCUT2D eigenvalue weighted by Gasteiger charge is 2.21.